The summed E-state index contributed by atoms with van der Waals surface area (Å²) in [4.78, 5) is 74.6. The number of carbonyl (C=O) groups is 6. The molecule has 0 bridgehead atoms. The summed E-state index contributed by atoms with van der Waals surface area (Å²) in [6.45, 7) is 3.74. The molecule has 0 aliphatic carbocycles. The quantitative estimate of drug-likeness (QED) is 0.0447. The van der Waals surface area contributed by atoms with Crippen LogP contribution in [0.4, 0.5) is 22.0 Å². The molecule has 0 radical (unpaired) electrons. The predicted molar refractivity (Wildman–Crippen MR) is 197 cm³/mol. The van der Waals surface area contributed by atoms with E-state index in [0.29, 0.717) is 5.69 Å². The minimum absolute atomic E-state index is 0.0707. The summed E-state index contributed by atoms with van der Waals surface area (Å²) in [6, 6.07) is 13.5. The Morgan fingerprint density at radius 3 is 2.14 bits per heavy atom. The van der Waals surface area contributed by atoms with Crippen LogP contribution in [0.25, 0.3) is 11.1 Å². The van der Waals surface area contributed by atoms with Gasteiger partial charge in [-0.15, -0.1) is 0 Å². The second-order valence-corrected chi connectivity index (χ2v) is 14.5. The Balaban J connectivity index is 1.47. The number of imide groups is 1. The van der Waals surface area contributed by atoms with Crippen molar-refractivity contribution in [3.8, 4) is 11.1 Å². The van der Waals surface area contributed by atoms with E-state index in [1.54, 1.807) is 49.7 Å². The van der Waals surface area contributed by atoms with Crippen molar-refractivity contribution in [2.45, 2.75) is 64.1 Å². The fourth-order valence-electron chi connectivity index (χ4n) is 6.19. The van der Waals surface area contributed by atoms with Crippen LogP contribution in [-0.4, -0.2) is 94.3 Å². The molecule has 2 aromatic carbocycles. The molecule has 0 fully saturated rings. The van der Waals surface area contributed by atoms with Gasteiger partial charge in [0.2, 0.25) is 17.5 Å². The number of nitrogens with zero attached hydrogens (tertiary/aromatic N) is 2. The molecule has 3 aromatic rings. The summed E-state index contributed by atoms with van der Waals surface area (Å²) in [5.74, 6) is -9.56. The summed E-state index contributed by atoms with van der Waals surface area (Å²) in [5, 5.41) is 18.4. The van der Waals surface area contributed by atoms with E-state index < -0.39 is 96.0 Å². The highest BCUT2D eigenvalue weighted by atomic mass is 19.4. The highest BCUT2D eigenvalue weighted by Gasteiger charge is 2.48. The van der Waals surface area contributed by atoms with Gasteiger partial charge in [0, 0.05) is 86.7 Å². The van der Waals surface area contributed by atoms with Crippen LogP contribution < -0.4 is 21.7 Å². The van der Waals surface area contributed by atoms with Crippen LogP contribution in [0.1, 0.15) is 50.8 Å². The first-order valence-electron chi connectivity index (χ1n) is 17.9. The lowest BCUT2D eigenvalue weighted by Gasteiger charge is -2.35. The second-order valence-electron chi connectivity index (χ2n) is 14.5. The Hall–Kier alpha value is -5.95. The van der Waals surface area contributed by atoms with Gasteiger partial charge in [0.25, 0.3) is 17.7 Å². The average Bonchev–Trinajstić information content (AvgIpc) is 3.69. The minimum atomic E-state index is -5.56. The Kier molecular flexibility index (Phi) is 14.3. The summed E-state index contributed by atoms with van der Waals surface area (Å²) in [6.07, 6.45) is -4.99. The molecule has 1 aliphatic rings. The number of ether oxygens (including phenoxy) is 1. The van der Waals surface area contributed by atoms with E-state index in [-0.39, 0.29) is 37.2 Å². The molecule has 19 heteroatoms. The fraction of sp³-hybridized carbons (Fsp3) is 0.385. The zero-order valence-corrected chi connectivity index (χ0v) is 31.7. The number of aromatic nitrogens is 1. The van der Waals surface area contributed by atoms with Crippen LogP contribution in [0.15, 0.2) is 72.9 Å². The highest BCUT2D eigenvalue weighted by molar-refractivity contribution is 6.13. The molecule has 0 saturated carbocycles. The predicted octanol–water partition coefficient (Wildman–Crippen LogP) is 2.79. The lowest BCUT2D eigenvalue weighted by molar-refractivity contribution is -0.214. The van der Waals surface area contributed by atoms with Crippen molar-refractivity contribution in [1.82, 2.24) is 25.4 Å². The normalized spacial score (nSPS) is 15.1. The number of halogens is 5. The number of nitrogens with one attached hydrogen (secondary N) is 3. The van der Waals surface area contributed by atoms with Crippen molar-refractivity contribution in [3.05, 3.63) is 95.8 Å². The van der Waals surface area contributed by atoms with Gasteiger partial charge >= 0.3 is 12.1 Å². The number of amides is 5. The van der Waals surface area contributed by atoms with Crippen molar-refractivity contribution in [2.24, 2.45) is 11.1 Å². The molecule has 0 spiro atoms. The molecule has 312 valence electrons. The first kappa shape index (κ1) is 44.8. The van der Waals surface area contributed by atoms with Crippen molar-refractivity contribution < 1.29 is 60.6 Å². The van der Waals surface area contributed by atoms with Crippen LogP contribution in [-0.2, 0) is 40.0 Å². The van der Waals surface area contributed by atoms with Crippen molar-refractivity contribution >= 4 is 35.5 Å². The molecule has 0 unspecified atom stereocenters. The number of esters is 1. The Morgan fingerprint density at radius 2 is 1.52 bits per heavy atom. The van der Waals surface area contributed by atoms with Crippen LogP contribution in [0.5, 0.6) is 0 Å². The Labute approximate surface area is 329 Å². The van der Waals surface area contributed by atoms with Gasteiger partial charge in [-0.1, -0.05) is 51.1 Å². The van der Waals surface area contributed by atoms with Crippen molar-refractivity contribution in [3.63, 3.8) is 0 Å². The summed E-state index contributed by atoms with van der Waals surface area (Å²) < 4.78 is 74.8. The molecule has 5 amide bonds. The number of rotatable bonds is 17. The molecule has 3 atom stereocenters. The van der Waals surface area contributed by atoms with E-state index in [2.05, 4.69) is 20.7 Å². The molecule has 2 heterocycles. The second kappa shape index (κ2) is 18.5. The van der Waals surface area contributed by atoms with Crippen LogP contribution >= 0.6 is 0 Å². The number of aliphatic hydroxyl groups is 1. The number of nitrogens with two attached hydrogens (primary N) is 1. The number of benzene rings is 2. The molecule has 1 aliphatic heterocycles. The average molecular weight is 819 g/mol. The van der Waals surface area contributed by atoms with Gasteiger partial charge in [0.15, 0.2) is 0 Å². The van der Waals surface area contributed by atoms with E-state index in [1.807, 2.05) is 12.1 Å². The molecule has 14 nitrogen and oxygen atoms in total. The van der Waals surface area contributed by atoms with E-state index in [0.717, 1.165) is 40.8 Å². The number of alkyl halides is 3. The van der Waals surface area contributed by atoms with Gasteiger partial charge in [0.1, 0.15) is 17.7 Å². The molecule has 4 rings (SSSR count). The first-order chi connectivity index (χ1) is 27.1. The van der Waals surface area contributed by atoms with Crippen LogP contribution in [0, 0.1) is 17.0 Å². The number of carbonyl (C=O) groups excluding carboxylic acids is 6. The van der Waals surface area contributed by atoms with Crippen molar-refractivity contribution in [2.75, 3.05) is 26.2 Å². The van der Waals surface area contributed by atoms with Gasteiger partial charge in [-0.2, -0.15) is 13.2 Å². The molecular weight excluding hydrogens is 775 g/mol. The van der Waals surface area contributed by atoms with E-state index >= 15 is 0 Å². The summed E-state index contributed by atoms with van der Waals surface area (Å²) in [7, 11) is 0. The summed E-state index contributed by atoms with van der Waals surface area (Å²) >= 11 is 0. The smallest absolute Gasteiger partial charge is 0.428 e. The monoisotopic (exact) mass is 818 g/mol. The maximum Gasteiger partial charge on any atom is 0.491 e. The summed E-state index contributed by atoms with van der Waals surface area (Å²) in [5.41, 5.74) is 3.33. The molecule has 1 aromatic heterocycles. The largest absolute Gasteiger partial charge is 0.491 e. The van der Waals surface area contributed by atoms with Crippen LogP contribution in [0.3, 0.4) is 0 Å². The van der Waals surface area contributed by atoms with E-state index in [9.17, 15) is 55.8 Å². The van der Waals surface area contributed by atoms with Gasteiger partial charge in [-0.05, 0) is 35.2 Å². The highest BCUT2D eigenvalue weighted by Crippen LogP contribution is 2.41. The molecule has 58 heavy (non-hydrogen) atoms. The SMILES string of the molecule is CC(C)(C)[C@H](c1cc(-c2cc(F)ccc2F)cn1Cc1ccccc1)[C@H](O)C(=O)NCC[C@](N)(OC(=O)C(F)(F)F)C(=O)NCCNC(=O)CCN1C(=O)C=CC1=O. The lowest BCUT2D eigenvalue weighted by Crippen LogP contribution is -2.60. The van der Waals surface area contributed by atoms with Crippen molar-refractivity contribution in [1.29, 1.82) is 0 Å². The van der Waals surface area contributed by atoms with Crippen LogP contribution in [0.2, 0.25) is 0 Å². The third-order valence-corrected chi connectivity index (χ3v) is 9.08. The van der Waals surface area contributed by atoms with E-state index in [1.165, 1.54) is 6.07 Å². The molecular formula is C39H43F5N6O8. The molecule has 0 saturated heterocycles. The third kappa shape index (κ3) is 11.6. The lowest BCUT2D eigenvalue weighted by atomic mass is 9.74. The Bertz CT molecular complexity index is 2030. The topological polar surface area (TPSA) is 202 Å². The maximum atomic E-state index is 14.9. The van der Waals surface area contributed by atoms with Gasteiger partial charge in [-0.3, -0.25) is 34.6 Å². The minimum Gasteiger partial charge on any atom is -0.428 e. The van der Waals surface area contributed by atoms with E-state index in [4.69, 9.17) is 5.73 Å². The zero-order chi connectivity index (χ0) is 43.0. The zero-order valence-electron chi connectivity index (χ0n) is 31.7. The Morgan fingerprint density at radius 1 is 0.879 bits per heavy atom. The maximum absolute atomic E-state index is 14.9. The van der Waals surface area contributed by atoms with Gasteiger partial charge in [-0.25, -0.2) is 13.6 Å². The number of aliphatic hydroxyl groups excluding tert-OH is 1. The number of hydrogen-bond donors (Lipinski definition) is 5. The van der Waals surface area contributed by atoms with Gasteiger partial charge < -0.3 is 30.4 Å². The number of hydrogen-bond acceptors (Lipinski definition) is 9. The standard InChI is InChI=1S/C39H43F5N6O8/c1-37(2,3)32(28-19-24(26-20-25(40)9-10-27(26)41)22-49(28)21-23-7-5-4-6-8-23)33(54)34(55)47-15-14-38(45,58-36(57)39(42,43)44)35(56)48-17-16-46-29(51)13-18-50-30(52)11-12-31(50)53/h4-12,19-20,22,32-33,54H,13-18,21,45H2,1-3H3,(H,46,51)(H,47,55)(H,48,56)/t32-,33+,38+/m1/s1. The van der Waals surface area contributed by atoms with Gasteiger partial charge in [0.05, 0.1) is 0 Å². The fourth-order valence-corrected chi connectivity index (χ4v) is 6.19. The third-order valence-electron chi connectivity index (χ3n) is 9.08. The first-order valence-corrected chi connectivity index (χ1v) is 17.9. The molecule has 6 N–H and O–H groups in total.